The van der Waals surface area contributed by atoms with E-state index in [4.69, 9.17) is 10.9 Å². The SMILES string of the molecule is C=C/C=C(\C=C/CO)N(C)/N=C\c1c(C=O)sc2nccc(N(C)N)c12. The number of aliphatic hydroxyl groups is 1. The molecular formula is C18H21N5O2S. The molecule has 0 atom stereocenters. The molecule has 0 unspecified atom stereocenters. The number of hydrazine groups is 1. The number of nitrogens with zero attached hydrogens (tertiary/aromatic N) is 4. The number of hydrazone groups is 1. The smallest absolute Gasteiger partial charge is 0.160 e. The molecule has 0 aliphatic heterocycles. The molecule has 2 aromatic rings. The Morgan fingerprint density at radius 2 is 2.27 bits per heavy atom. The Kier molecular flexibility index (Phi) is 6.79. The number of fused-ring (bicyclic) bond motifs is 1. The molecule has 8 heteroatoms. The third-order valence-corrected chi connectivity index (χ3v) is 4.58. The van der Waals surface area contributed by atoms with E-state index in [1.54, 1.807) is 61.9 Å². The molecule has 0 aliphatic rings. The van der Waals surface area contributed by atoms with Crippen LogP contribution in [0.1, 0.15) is 15.2 Å². The number of anilines is 1. The third kappa shape index (κ3) is 4.23. The molecular weight excluding hydrogens is 350 g/mol. The Hall–Kier alpha value is -2.81. The summed E-state index contributed by atoms with van der Waals surface area (Å²) in [5.74, 6) is 5.91. The largest absolute Gasteiger partial charge is 0.392 e. The van der Waals surface area contributed by atoms with Crippen molar-refractivity contribution < 1.29 is 9.90 Å². The Morgan fingerprint density at radius 1 is 1.50 bits per heavy atom. The fourth-order valence-electron chi connectivity index (χ4n) is 2.33. The van der Waals surface area contributed by atoms with Gasteiger partial charge in [-0.05, 0) is 18.2 Å². The van der Waals surface area contributed by atoms with Gasteiger partial charge in [0, 0.05) is 31.2 Å². The summed E-state index contributed by atoms with van der Waals surface area (Å²) in [6.45, 7) is 3.60. The van der Waals surface area contributed by atoms with Crippen molar-refractivity contribution >= 4 is 39.7 Å². The molecule has 26 heavy (non-hydrogen) atoms. The van der Waals surface area contributed by atoms with Gasteiger partial charge in [-0.25, -0.2) is 10.8 Å². The first-order valence-corrected chi connectivity index (χ1v) is 8.58. The second kappa shape index (κ2) is 9.04. The first-order valence-electron chi connectivity index (χ1n) is 7.76. The first-order chi connectivity index (χ1) is 12.5. The molecule has 0 bridgehead atoms. The van der Waals surface area contributed by atoms with Crippen LogP contribution in [-0.4, -0.2) is 48.3 Å². The molecule has 2 aromatic heterocycles. The van der Waals surface area contributed by atoms with Gasteiger partial charge in [-0.3, -0.25) is 9.80 Å². The van der Waals surface area contributed by atoms with Gasteiger partial charge < -0.3 is 10.1 Å². The van der Waals surface area contributed by atoms with Gasteiger partial charge in [-0.1, -0.05) is 18.7 Å². The van der Waals surface area contributed by atoms with Crippen molar-refractivity contribution in [1.82, 2.24) is 9.99 Å². The summed E-state index contributed by atoms with van der Waals surface area (Å²) in [5.41, 5.74) is 2.15. The molecule has 2 rings (SSSR count). The zero-order valence-corrected chi connectivity index (χ0v) is 15.5. The molecule has 7 nitrogen and oxygen atoms in total. The quantitative estimate of drug-likeness (QED) is 0.243. The summed E-state index contributed by atoms with van der Waals surface area (Å²) >= 11 is 1.29. The second-order valence-electron chi connectivity index (χ2n) is 5.30. The van der Waals surface area contributed by atoms with Crippen LogP contribution in [-0.2, 0) is 0 Å². The van der Waals surface area contributed by atoms with E-state index in [-0.39, 0.29) is 6.61 Å². The number of carbonyl (C=O) groups excluding carboxylic acids is 1. The Morgan fingerprint density at radius 3 is 2.88 bits per heavy atom. The Balaban J connectivity index is 2.50. The fraction of sp³-hybridized carbons (Fsp3) is 0.167. The predicted octanol–water partition coefficient (Wildman–Crippen LogP) is 2.30. The van der Waals surface area contributed by atoms with E-state index in [2.05, 4.69) is 16.7 Å². The highest BCUT2D eigenvalue weighted by Gasteiger charge is 2.16. The van der Waals surface area contributed by atoms with E-state index in [0.29, 0.717) is 15.3 Å². The zero-order chi connectivity index (χ0) is 19.1. The van der Waals surface area contributed by atoms with Gasteiger partial charge in [-0.2, -0.15) is 5.10 Å². The van der Waals surface area contributed by atoms with Crippen LogP contribution < -0.4 is 10.9 Å². The summed E-state index contributed by atoms with van der Waals surface area (Å²) in [6.07, 6.45) is 10.8. The van der Waals surface area contributed by atoms with Crippen molar-refractivity contribution in [1.29, 1.82) is 0 Å². The number of rotatable bonds is 8. The maximum atomic E-state index is 11.5. The molecule has 3 N–H and O–H groups in total. The molecule has 0 radical (unpaired) electrons. The van der Waals surface area contributed by atoms with Crippen molar-refractivity contribution in [3.05, 3.63) is 59.3 Å². The van der Waals surface area contributed by atoms with Crippen LogP contribution in [0.2, 0.25) is 0 Å². The number of likely N-dealkylation sites (N-methyl/N-ethyl adjacent to an activating group) is 1. The standard InChI is InChI=1S/C18H21N5O2S/c1-4-6-13(7-5-10-24)23(3)21-11-14-16(12-25)26-18-17(14)15(22(2)19)8-9-20-18/h4-9,11-12,24H,1,10,19H2,2-3H3/b7-5-,13-6+,21-11-. The van der Waals surface area contributed by atoms with Gasteiger partial charge in [0.2, 0.25) is 0 Å². The zero-order valence-electron chi connectivity index (χ0n) is 14.7. The molecule has 136 valence electrons. The van der Waals surface area contributed by atoms with Crippen molar-refractivity contribution in [3.8, 4) is 0 Å². The average molecular weight is 371 g/mol. The van der Waals surface area contributed by atoms with Crippen molar-refractivity contribution in [2.45, 2.75) is 0 Å². The number of aromatic nitrogens is 1. The predicted molar refractivity (Wildman–Crippen MR) is 107 cm³/mol. The molecule has 0 amide bonds. The summed E-state index contributed by atoms with van der Waals surface area (Å²) in [6, 6.07) is 1.79. The number of carbonyl (C=O) groups is 1. The van der Waals surface area contributed by atoms with Crippen LogP contribution >= 0.6 is 11.3 Å². The van der Waals surface area contributed by atoms with Crippen LogP contribution in [0.15, 0.2) is 53.9 Å². The number of hydrogen-bond acceptors (Lipinski definition) is 8. The highest BCUT2D eigenvalue weighted by atomic mass is 32.1. The minimum atomic E-state index is -0.0750. The average Bonchev–Trinajstić information content (AvgIpc) is 3.00. The summed E-state index contributed by atoms with van der Waals surface area (Å²) in [5, 5.41) is 17.3. The Bertz CT molecular complexity index is 883. The summed E-state index contributed by atoms with van der Waals surface area (Å²) < 4.78 is 0. The van der Waals surface area contributed by atoms with Crippen LogP contribution in [0.3, 0.4) is 0 Å². The van der Waals surface area contributed by atoms with E-state index in [0.717, 1.165) is 23.1 Å². The van der Waals surface area contributed by atoms with Gasteiger partial charge in [0.15, 0.2) is 6.29 Å². The fourth-order valence-corrected chi connectivity index (χ4v) is 3.28. The third-order valence-electron chi connectivity index (χ3n) is 3.54. The van der Waals surface area contributed by atoms with Crippen molar-refractivity contribution in [2.75, 3.05) is 25.7 Å². The molecule has 0 aliphatic carbocycles. The lowest BCUT2D eigenvalue weighted by Crippen LogP contribution is -2.25. The highest BCUT2D eigenvalue weighted by Crippen LogP contribution is 2.34. The normalized spacial score (nSPS) is 12.2. The topological polar surface area (TPSA) is 95.0 Å². The van der Waals surface area contributed by atoms with E-state index in [1.165, 1.54) is 16.3 Å². The molecule has 0 aromatic carbocycles. The molecule has 0 fully saturated rings. The summed E-state index contributed by atoms with van der Waals surface area (Å²) in [4.78, 5) is 17.1. The van der Waals surface area contributed by atoms with Crippen molar-refractivity contribution in [3.63, 3.8) is 0 Å². The van der Waals surface area contributed by atoms with Gasteiger partial charge in [-0.15, -0.1) is 11.3 Å². The lowest BCUT2D eigenvalue weighted by Gasteiger charge is -2.15. The number of pyridine rings is 1. The minimum absolute atomic E-state index is 0.0750. The molecule has 0 saturated heterocycles. The van der Waals surface area contributed by atoms with E-state index < -0.39 is 0 Å². The number of hydrogen-bond donors (Lipinski definition) is 2. The van der Waals surface area contributed by atoms with Gasteiger partial charge in [0.05, 0.1) is 29.1 Å². The van der Waals surface area contributed by atoms with Gasteiger partial charge in [0.1, 0.15) is 4.83 Å². The monoisotopic (exact) mass is 371 g/mol. The number of aliphatic hydroxyl groups excluding tert-OH is 1. The number of allylic oxidation sites excluding steroid dienone is 3. The minimum Gasteiger partial charge on any atom is -0.392 e. The van der Waals surface area contributed by atoms with Crippen molar-refractivity contribution in [2.24, 2.45) is 10.9 Å². The number of thiophene rings is 1. The lowest BCUT2D eigenvalue weighted by atomic mass is 10.1. The molecule has 0 spiro atoms. The van der Waals surface area contributed by atoms with Crippen LogP contribution in [0, 0.1) is 0 Å². The molecule has 0 saturated carbocycles. The number of aldehydes is 1. The van der Waals surface area contributed by atoms with Crippen LogP contribution in [0.4, 0.5) is 5.69 Å². The lowest BCUT2D eigenvalue weighted by molar-refractivity contribution is 0.112. The number of nitrogens with two attached hydrogens (primary N) is 1. The Labute approximate surface area is 156 Å². The first kappa shape index (κ1) is 19.5. The molecule has 2 heterocycles. The highest BCUT2D eigenvalue weighted by molar-refractivity contribution is 7.20. The van der Waals surface area contributed by atoms with Gasteiger partial charge >= 0.3 is 0 Å². The second-order valence-corrected chi connectivity index (χ2v) is 6.33. The van der Waals surface area contributed by atoms with Crippen LogP contribution in [0.5, 0.6) is 0 Å². The maximum absolute atomic E-state index is 11.5. The van der Waals surface area contributed by atoms with E-state index in [9.17, 15) is 4.79 Å². The maximum Gasteiger partial charge on any atom is 0.160 e. The van der Waals surface area contributed by atoms with E-state index in [1.807, 2.05) is 0 Å². The van der Waals surface area contributed by atoms with Gasteiger partial charge in [0.25, 0.3) is 0 Å². The van der Waals surface area contributed by atoms with E-state index >= 15 is 0 Å². The van der Waals surface area contributed by atoms with Crippen LogP contribution in [0.25, 0.3) is 10.2 Å². The summed E-state index contributed by atoms with van der Waals surface area (Å²) in [7, 11) is 3.49.